The number of benzene rings is 6. The molecule has 1 nitrogen and oxygen atoms in total. The van der Waals surface area contributed by atoms with E-state index in [0.29, 0.717) is 0 Å². The predicted molar refractivity (Wildman–Crippen MR) is 187 cm³/mol. The molecule has 0 aliphatic heterocycles. The number of nitrogens with zero attached hydrogens (tertiary/aromatic N) is 1. The van der Waals surface area contributed by atoms with Gasteiger partial charge in [0.2, 0.25) is 0 Å². The first-order valence-electron chi connectivity index (χ1n) is 17.0. The lowest BCUT2D eigenvalue weighted by molar-refractivity contribution is -0.0399. The van der Waals surface area contributed by atoms with Gasteiger partial charge in [-0.25, -0.2) is 0 Å². The first-order valence-corrected chi connectivity index (χ1v) is 17.0. The summed E-state index contributed by atoms with van der Waals surface area (Å²) in [5, 5.41) is 2.54. The maximum atomic E-state index is 2.55. The molecule has 0 unspecified atom stereocenters. The molecule has 0 amide bonds. The number of fused-ring (bicyclic) bond motifs is 4. The molecule has 1 heteroatoms. The summed E-state index contributed by atoms with van der Waals surface area (Å²) in [6.07, 6.45) is 7.15. The largest absolute Gasteiger partial charge is 0.310 e. The number of anilines is 3. The van der Waals surface area contributed by atoms with Crippen LogP contribution in [0.4, 0.5) is 17.1 Å². The topological polar surface area (TPSA) is 3.24 Å². The maximum absolute atomic E-state index is 2.55. The molecule has 0 N–H and O–H groups in total. The van der Waals surface area contributed by atoms with E-state index in [0.717, 1.165) is 23.7 Å². The van der Waals surface area contributed by atoms with Gasteiger partial charge in [0.1, 0.15) is 0 Å². The molecule has 4 bridgehead atoms. The lowest BCUT2D eigenvalue weighted by Crippen LogP contribution is -2.55. The highest BCUT2D eigenvalue weighted by Gasteiger charge is 2.61. The van der Waals surface area contributed by atoms with Crippen LogP contribution in [0.25, 0.3) is 33.0 Å². The normalized spacial score (nSPS) is 25.4. The molecule has 0 radical (unpaired) electrons. The van der Waals surface area contributed by atoms with Gasteiger partial charge in [0.25, 0.3) is 0 Å². The van der Waals surface area contributed by atoms with Gasteiger partial charge in [0, 0.05) is 22.2 Å². The highest BCUT2D eigenvalue weighted by atomic mass is 15.1. The summed E-state index contributed by atoms with van der Waals surface area (Å²) in [4.78, 5) is 2.49. The molecule has 4 saturated carbocycles. The van der Waals surface area contributed by atoms with E-state index in [1.807, 2.05) is 0 Å². The fourth-order valence-corrected chi connectivity index (χ4v) is 10.6. The average Bonchev–Trinajstić information content (AvgIpc) is 3.38. The zero-order valence-electron chi connectivity index (χ0n) is 25.6. The third kappa shape index (κ3) is 3.61. The monoisotopic (exact) mass is 579 g/mol. The van der Waals surface area contributed by atoms with E-state index in [1.165, 1.54) is 82.2 Å². The molecule has 0 aromatic heterocycles. The molecule has 11 rings (SSSR count). The number of hydrogen-bond acceptors (Lipinski definition) is 1. The van der Waals surface area contributed by atoms with E-state index in [2.05, 4.69) is 144 Å². The number of para-hydroxylation sites is 1. The van der Waals surface area contributed by atoms with Gasteiger partial charge in [-0.1, -0.05) is 109 Å². The van der Waals surface area contributed by atoms with E-state index in [4.69, 9.17) is 0 Å². The van der Waals surface area contributed by atoms with Crippen LogP contribution < -0.4 is 4.90 Å². The first-order chi connectivity index (χ1) is 22.3. The van der Waals surface area contributed by atoms with Crippen molar-refractivity contribution in [2.45, 2.75) is 37.5 Å². The molecule has 6 aromatic rings. The minimum Gasteiger partial charge on any atom is -0.310 e. The number of rotatable bonds is 4. The second-order valence-corrected chi connectivity index (χ2v) is 14.2. The highest BCUT2D eigenvalue weighted by Crippen LogP contribution is 2.69. The van der Waals surface area contributed by atoms with Crippen LogP contribution in [0.1, 0.15) is 43.2 Å². The Balaban J connectivity index is 1.18. The molecule has 5 aliphatic carbocycles. The molecule has 0 atom stereocenters. The fourth-order valence-electron chi connectivity index (χ4n) is 10.6. The fraction of sp³-hybridized carbons (Fsp3) is 0.227. The minimum atomic E-state index is 0.194. The molecule has 1 spiro atoms. The predicted octanol–water partition coefficient (Wildman–Crippen LogP) is 11.7. The van der Waals surface area contributed by atoms with Crippen molar-refractivity contribution in [1.82, 2.24) is 0 Å². The Hall–Kier alpha value is -4.62. The Morgan fingerprint density at radius 3 is 1.82 bits per heavy atom. The second kappa shape index (κ2) is 9.69. The van der Waals surface area contributed by atoms with Gasteiger partial charge in [0.15, 0.2) is 0 Å². The average molecular weight is 580 g/mol. The molecular weight excluding hydrogens is 542 g/mol. The van der Waals surface area contributed by atoms with E-state index in [-0.39, 0.29) is 5.41 Å². The number of hydrogen-bond donors (Lipinski definition) is 0. The van der Waals surface area contributed by atoms with E-state index >= 15 is 0 Å². The van der Waals surface area contributed by atoms with E-state index < -0.39 is 0 Å². The van der Waals surface area contributed by atoms with E-state index in [9.17, 15) is 0 Å². The Labute approximate surface area is 266 Å². The van der Waals surface area contributed by atoms with Gasteiger partial charge in [-0.05, 0) is 125 Å². The van der Waals surface area contributed by atoms with Gasteiger partial charge in [-0.15, -0.1) is 0 Å². The van der Waals surface area contributed by atoms with Crippen LogP contribution in [0, 0.1) is 23.7 Å². The summed E-state index contributed by atoms with van der Waals surface area (Å²) >= 11 is 0. The van der Waals surface area contributed by atoms with Crippen LogP contribution >= 0.6 is 0 Å². The van der Waals surface area contributed by atoms with Crippen molar-refractivity contribution in [3.05, 3.63) is 151 Å². The van der Waals surface area contributed by atoms with Gasteiger partial charge in [0.05, 0.1) is 5.69 Å². The summed E-state index contributed by atoms with van der Waals surface area (Å²) in [6, 6.07) is 52.3. The maximum Gasteiger partial charge on any atom is 0.0540 e. The van der Waals surface area contributed by atoms with Crippen molar-refractivity contribution in [1.29, 1.82) is 0 Å². The van der Waals surface area contributed by atoms with Crippen molar-refractivity contribution in [3.8, 4) is 22.3 Å². The van der Waals surface area contributed by atoms with E-state index in [1.54, 1.807) is 11.1 Å². The molecular formula is C44H37N. The molecule has 4 fully saturated rings. The van der Waals surface area contributed by atoms with Gasteiger partial charge in [-0.2, -0.15) is 0 Å². The Morgan fingerprint density at radius 1 is 0.444 bits per heavy atom. The standard InChI is InChI=1S/C44H37N/c1-3-11-31(12-4-1)36-20-22-43(39-17-8-7-15-37(36)39)45(34-13-5-2-6-14-34)35-19-21-42-40(28-35)38-16-9-10-18-41(38)44(42)32-24-29-23-30(26-32)27-33(44)25-29/h1-22,28-30,32-33H,23-27H2. The lowest BCUT2D eigenvalue weighted by Gasteiger charge is -2.61. The summed E-state index contributed by atoms with van der Waals surface area (Å²) in [7, 11) is 0. The Morgan fingerprint density at radius 2 is 1.07 bits per heavy atom. The Kier molecular flexibility index (Phi) is 5.53. The van der Waals surface area contributed by atoms with Crippen LogP contribution in [-0.4, -0.2) is 0 Å². The van der Waals surface area contributed by atoms with Gasteiger partial charge >= 0.3 is 0 Å². The molecule has 6 aromatic carbocycles. The quantitative estimate of drug-likeness (QED) is 0.201. The first kappa shape index (κ1) is 25.7. The molecule has 0 heterocycles. The zero-order chi connectivity index (χ0) is 29.5. The van der Waals surface area contributed by atoms with Crippen molar-refractivity contribution in [2.24, 2.45) is 23.7 Å². The molecule has 218 valence electrons. The molecule has 5 aliphatic rings. The van der Waals surface area contributed by atoms with Crippen molar-refractivity contribution >= 4 is 27.8 Å². The second-order valence-electron chi connectivity index (χ2n) is 14.2. The third-order valence-corrected chi connectivity index (χ3v) is 12.0. The van der Waals surface area contributed by atoms with Gasteiger partial charge < -0.3 is 4.90 Å². The van der Waals surface area contributed by atoms with Crippen molar-refractivity contribution in [3.63, 3.8) is 0 Å². The summed E-state index contributed by atoms with van der Waals surface area (Å²) in [5.74, 6) is 3.46. The van der Waals surface area contributed by atoms with Crippen LogP contribution in [0.3, 0.4) is 0 Å². The molecule has 0 saturated heterocycles. The summed E-state index contributed by atoms with van der Waals surface area (Å²) in [6.45, 7) is 0. The van der Waals surface area contributed by atoms with Gasteiger partial charge in [-0.3, -0.25) is 0 Å². The smallest absolute Gasteiger partial charge is 0.0540 e. The third-order valence-electron chi connectivity index (χ3n) is 12.0. The SMILES string of the molecule is c1ccc(-c2ccc(N(c3ccccc3)c3ccc4c(c3)-c3ccccc3C43C4CC5CC(C4)CC3C5)c3ccccc23)cc1. The van der Waals surface area contributed by atoms with Crippen LogP contribution in [0.15, 0.2) is 140 Å². The van der Waals surface area contributed by atoms with Crippen molar-refractivity contribution in [2.75, 3.05) is 4.90 Å². The highest BCUT2D eigenvalue weighted by molar-refractivity contribution is 6.06. The van der Waals surface area contributed by atoms with Crippen LogP contribution in [0.5, 0.6) is 0 Å². The summed E-state index contributed by atoms with van der Waals surface area (Å²) in [5.41, 5.74) is 12.5. The van der Waals surface area contributed by atoms with Crippen molar-refractivity contribution < 1.29 is 0 Å². The van der Waals surface area contributed by atoms with Crippen LogP contribution in [-0.2, 0) is 5.41 Å². The minimum absolute atomic E-state index is 0.194. The summed E-state index contributed by atoms with van der Waals surface area (Å²) < 4.78 is 0. The Bertz CT molecular complexity index is 2050. The zero-order valence-corrected chi connectivity index (χ0v) is 25.6. The van der Waals surface area contributed by atoms with Crippen LogP contribution in [0.2, 0.25) is 0 Å². The lowest BCUT2D eigenvalue weighted by atomic mass is 9.43. The molecule has 45 heavy (non-hydrogen) atoms.